The van der Waals surface area contributed by atoms with E-state index < -0.39 is 0 Å². The van der Waals surface area contributed by atoms with Gasteiger partial charge in [-0.1, -0.05) is 36.4 Å². The van der Waals surface area contributed by atoms with Gasteiger partial charge in [0.2, 0.25) is 0 Å². The highest BCUT2D eigenvalue weighted by atomic mass is 79.9. The van der Waals surface area contributed by atoms with Crippen LogP contribution in [0.15, 0.2) is 53.0 Å². The number of rotatable bonds is 7. The van der Waals surface area contributed by atoms with Gasteiger partial charge in [-0.25, -0.2) is 4.79 Å². The molecule has 0 atom stereocenters. The number of aryl methyl sites for hydroxylation is 1. The van der Waals surface area contributed by atoms with E-state index in [4.69, 9.17) is 9.47 Å². The number of hydrogen-bond donors (Lipinski definition) is 1. The van der Waals surface area contributed by atoms with E-state index in [0.717, 1.165) is 51.7 Å². The molecule has 166 valence electrons. The number of fused-ring (bicyclic) bond motifs is 1. The number of amides is 1. The molecule has 1 heterocycles. The van der Waals surface area contributed by atoms with Gasteiger partial charge in [0.05, 0.1) is 16.6 Å². The van der Waals surface area contributed by atoms with E-state index in [0.29, 0.717) is 22.9 Å². The number of anilines is 1. The van der Waals surface area contributed by atoms with Crippen LogP contribution in [0, 0.1) is 0 Å². The number of esters is 1. The van der Waals surface area contributed by atoms with Crippen molar-refractivity contribution in [3.63, 3.8) is 0 Å². The van der Waals surface area contributed by atoms with Gasteiger partial charge in [-0.3, -0.25) is 4.79 Å². The van der Waals surface area contributed by atoms with Crippen molar-refractivity contribution in [2.45, 2.75) is 32.6 Å². The molecular weight excluding hydrogens is 490 g/mol. The minimum atomic E-state index is -0.373. The number of halogens is 1. The monoisotopic (exact) mass is 513 g/mol. The van der Waals surface area contributed by atoms with E-state index in [1.54, 1.807) is 6.92 Å². The topological polar surface area (TPSA) is 64.6 Å². The normalized spacial score (nSPS) is 12.7. The van der Waals surface area contributed by atoms with Crippen LogP contribution in [0.1, 0.15) is 40.6 Å². The van der Waals surface area contributed by atoms with Gasteiger partial charge in [0, 0.05) is 4.88 Å². The zero-order valence-electron chi connectivity index (χ0n) is 17.8. The van der Waals surface area contributed by atoms with Gasteiger partial charge < -0.3 is 14.8 Å². The van der Waals surface area contributed by atoms with Gasteiger partial charge in [-0.15, -0.1) is 11.3 Å². The molecule has 0 aliphatic heterocycles. The van der Waals surface area contributed by atoms with E-state index >= 15 is 0 Å². The Morgan fingerprint density at radius 2 is 1.84 bits per heavy atom. The molecular formula is C25H24BrNO4S. The maximum Gasteiger partial charge on any atom is 0.341 e. The van der Waals surface area contributed by atoms with Crippen molar-refractivity contribution in [2.75, 3.05) is 18.5 Å². The van der Waals surface area contributed by atoms with Crippen LogP contribution in [0.4, 0.5) is 5.00 Å². The standard InChI is InChI=1S/C25H24BrNO4S/c1-2-30-25(29)23-18-10-6-7-11-21(18)32-24(23)27-22(28)15-31-20-13-12-17(14-19(20)26)16-8-4-3-5-9-16/h3-5,8-9,12-14H,2,6-7,10-11,15H2,1H3,(H,27,28). The summed E-state index contributed by atoms with van der Waals surface area (Å²) in [5.41, 5.74) is 3.69. The molecule has 2 aromatic carbocycles. The first kappa shape index (κ1) is 22.6. The smallest absolute Gasteiger partial charge is 0.341 e. The summed E-state index contributed by atoms with van der Waals surface area (Å²) in [6, 6.07) is 15.8. The highest BCUT2D eigenvalue weighted by molar-refractivity contribution is 9.10. The Labute approximate surface area is 199 Å². The maximum atomic E-state index is 12.6. The average molecular weight is 514 g/mol. The summed E-state index contributed by atoms with van der Waals surface area (Å²) in [5.74, 6) is -0.105. The largest absolute Gasteiger partial charge is 0.483 e. The Bertz CT molecular complexity index is 1130. The van der Waals surface area contributed by atoms with Gasteiger partial charge in [-0.05, 0) is 77.4 Å². The van der Waals surface area contributed by atoms with Crippen molar-refractivity contribution in [3.05, 3.63) is 69.0 Å². The molecule has 0 spiro atoms. The zero-order chi connectivity index (χ0) is 22.5. The molecule has 1 aliphatic rings. The van der Waals surface area contributed by atoms with Crippen LogP contribution in [0.2, 0.25) is 0 Å². The fourth-order valence-electron chi connectivity index (χ4n) is 3.81. The lowest BCUT2D eigenvalue weighted by Gasteiger charge is -2.12. The minimum absolute atomic E-state index is 0.159. The first-order valence-electron chi connectivity index (χ1n) is 10.7. The molecule has 0 radical (unpaired) electrons. The maximum absolute atomic E-state index is 12.6. The second-order valence-corrected chi connectivity index (χ2v) is 9.44. The first-order chi connectivity index (χ1) is 15.6. The average Bonchev–Trinajstić information content (AvgIpc) is 3.16. The van der Waals surface area contributed by atoms with Crippen LogP contribution in [0.3, 0.4) is 0 Å². The molecule has 3 aromatic rings. The van der Waals surface area contributed by atoms with E-state index in [1.165, 1.54) is 11.3 Å². The van der Waals surface area contributed by atoms with Crippen LogP contribution in [0.5, 0.6) is 5.75 Å². The van der Waals surface area contributed by atoms with Crippen LogP contribution < -0.4 is 10.1 Å². The molecule has 0 saturated carbocycles. The van der Waals surface area contributed by atoms with Crippen molar-refractivity contribution in [3.8, 4) is 16.9 Å². The molecule has 1 amide bonds. The molecule has 0 saturated heterocycles. The number of ether oxygens (including phenoxy) is 2. The van der Waals surface area contributed by atoms with Gasteiger partial charge in [0.1, 0.15) is 10.8 Å². The van der Waals surface area contributed by atoms with Gasteiger partial charge in [0.25, 0.3) is 5.91 Å². The molecule has 1 aliphatic carbocycles. The Balaban J connectivity index is 1.44. The van der Waals surface area contributed by atoms with Crippen LogP contribution >= 0.6 is 27.3 Å². The summed E-state index contributed by atoms with van der Waals surface area (Å²) in [4.78, 5) is 26.3. The molecule has 0 unspecified atom stereocenters. The van der Waals surface area contributed by atoms with E-state index in [1.807, 2.05) is 48.5 Å². The number of benzene rings is 2. The Hall–Kier alpha value is -2.64. The second kappa shape index (κ2) is 10.3. The van der Waals surface area contributed by atoms with Gasteiger partial charge in [-0.2, -0.15) is 0 Å². The first-order valence-corrected chi connectivity index (χ1v) is 12.3. The zero-order valence-corrected chi connectivity index (χ0v) is 20.2. The van der Waals surface area contributed by atoms with E-state index in [2.05, 4.69) is 21.2 Å². The predicted molar refractivity (Wildman–Crippen MR) is 131 cm³/mol. The molecule has 0 fully saturated rings. The summed E-state index contributed by atoms with van der Waals surface area (Å²) < 4.78 is 11.8. The lowest BCUT2D eigenvalue weighted by Crippen LogP contribution is -2.21. The van der Waals surface area contributed by atoms with Gasteiger partial charge >= 0.3 is 5.97 Å². The second-order valence-electron chi connectivity index (χ2n) is 7.48. The Morgan fingerprint density at radius 3 is 2.59 bits per heavy atom. The lowest BCUT2D eigenvalue weighted by molar-refractivity contribution is -0.118. The number of carbonyl (C=O) groups is 2. The molecule has 32 heavy (non-hydrogen) atoms. The lowest BCUT2D eigenvalue weighted by atomic mass is 9.95. The SMILES string of the molecule is CCOC(=O)c1c(NC(=O)COc2ccc(-c3ccccc3)cc2Br)sc2c1CCCC2. The highest BCUT2D eigenvalue weighted by Gasteiger charge is 2.27. The molecule has 7 heteroatoms. The highest BCUT2D eigenvalue weighted by Crippen LogP contribution is 2.38. The Kier molecular flexibility index (Phi) is 7.27. The third-order valence-electron chi connectivity index (χ3n) is 5.30. The summed E-state index contributed by atoms with van der Waals surface area (Å²) in [5, 5.41) is 3.43. The predicted octanol–water partition coefficient (Wildman–Crippen LogP) is 6.25. The van der Waals surface area contributed by atoms with Gasteiger partial charge in [0.15, 0.2) is 6.61 Å². The van der Waals surface area contributed by atoms with Crippen LogP contribution in [0.25, 0.3) is 11.1 Å². The van der Waals surface area contributed by atoms with Crippen molar-refractivity contribution in [1.29, 1.82) is 0 Å². The molecule has 1 N–H and O–H groups in total. The van der Waals surface area contributed by atoms with Crippen molar-refractivity contribution in [1.82, 2.24) is 0 Å². The fraction of sp³-hybridized carbons (Fsp3) is 0.280. The number of nitrogens with one attached hydrogen (secondary N) is 1. The number of thiophene rings is 1. The minimum Gasteiger partial charge on any atom is -0.483 e. The van der Waals surface area contributed by atoms with Crippen LogP contribution in [-0.4, -0.2) is 25.1 Å². The van der Waals surface area contributed by atoms with Crippen molar-refractivity contribution in [2.24, 2.45) is 0 Å². The third kappa shape index (κ3) is 5.05. The molecule has 4 rings (SSSR count). The number of hydrogen-bond acceptors (Lipinski definition) is 5. The van der Waals surface area contributed by atoms with E-state index in [-0.39, 0.29) is 18.5 Å². The molecule has 0 bridgehead atoms. The molecule has 5 nitrogen and oxygen atoms in total. The summed E-state index contributed by atoms with van der Waals surface area (Å²) >= 11 is 5.00. The summed E-state index contributed by atoms with van der Waals surface area (Å²) in [7, 11) is 0. The third-order valence-corrected chi connectivity index (χ3v) is 7.13. The Morgan fingerprint density at radius 1 is 1.06 bits per heavy atom. The molecule has 1 aromatic heterocycles. The van der Waals surface area contributed by atoms with Crippen molar-refractivity contribution < 1.29 is 19.1 Å². The van der Waals surface area contributed by atoms with E-state index in [9.17, 15) is 9.59 Å². The van der Waals surface area contributed by atoms with Crippen LogP contribution in [-0.2, 0) is 22.4 Å². The fourth-order valence-corrected chi connectivity index (χ4v) is 5.59. The quantitative estimate of drug-likeness (QED) is 0.379. The summed E-state index contributed by atoms with van der Waals surface area (Å²) in [6.45, 7) is 1.92. The number of carbonyl (C=O) groups excluding carboxylic acids is 2. The summed E-state index contributed by atoms with van der Waals surface area (Å²) in [6.07, 6.45) is 3.91. The van der Waals surface area contributed by atoms with Crippen molar-refractivity contribution >= 4 is 44.1 Å².